The molecule has 0 aromatic heterocycles. The molecule has 1 aliphatic heterocycles. The summed E-state index contributed by atoms with van der Waals surface area (Å²) in [7, 11) is 0. The zero-order valence-electron chi connectivity index (χ0n) is 12.9. The predicted molar refractivity (Wildman–Crippen MR) is 85.9 cm³/mol. The van der Waals surface area contributed by atoms with Crippen molar-refractivity contribution in [1.29, 1.82) is 0 Å². The third-order valence-electron chi connectivity index (χ3n) is 3.79. The maximum Gasteiger partial charge on any atom is 0.320 e. The van der Waals surface area contributed by atoms with Crippen molar-refractivity contribution in [3.8, 4) is 5.75 Å². The lowest BCUT2D eigenvalue weighted by Crippen LogP contribution is -2.35. The van der Waals surface area contributed by atoms with Crippen molar-refractivity contribution in [2.75, 3.05) is 13.2 Å². The van der Waals surface area contributed by atoms with Crippen molar-refractivity contribution in [2.45, 2.75) is 39.3 Å². The number of nitrogens with zero attached hydrogens (tertiary/aromatic N) is 1. The lowest BCUT2D eigenvalue weighted by Gasteiger charge is -2.22. The van der Waals surface area contributed by atoms with Gasteiger partial charge in [-0.05, 0) is 51.4 Å². The highest BCUT2D eigenvalue weighted by Gasteiger charge is 2.30. The normalized spacial score (nSPS) is 17.8. The van der Waals surface area contributed by atoms with Crippen LogP contribution in [0.5, 0.6) is 5.75 Å². The van der Waals surface area contributed by atoms with E-state index < -0.39 is 12.0 Å². The molecule has 22 heavy (non-hydrogen) atoms. The number of ether oxygens (including phenoxy) is 1. The minimum atomic E-state index is -0.784. The Balaban J connectivity index is 0.00000242. The number of carboxylic acids is 1. The van der Waals surface area contributed by atoms with Crippen molar-refractivity contribution in [2.24, 2.45) is 0 Å². The largest absolute Gasteiger partial charge is 0.494 e. The third kappa shape index (κ3) is 4.21. The molecule has 6 heteroatoms. The molecule has 1 atom stereocenters. The molecule has 0 radical (unpaired) electrons. The fourth-order valence-corrected chi connectivity index (χ4v) is 2.73. The summed E-state index contributed by atoms with van der Waals surface area (Å²) in [5, 5.41) is 9.25. The summed E-state index contributed by atoms with van der Waals surface area (Å²) in [5.41, 5.74) is 1.50. The number of carbonyl (C=O) groups is 2. The highest BCUT2D eigenvalue weighted by atomic mass is 35.5. The smallest absolute Gasteiger partial charge is 0.320 e. The highest BCUT2D eigenvalue weighted by Crippen LogP contribution is 2.26. The molecule has 0 saturated carbocycles. The maximum atomic E-state index is 11.5. The van der Waals surface area contributed by atoms with Gasteiger partial charge in [0.15, 0.2) is 5.78 Å². The molecule has 1 heterocycles. The van der Waals surface area contributed by atoms with Gasteiger partial charge in [-0.2, -0.15) is 0 Å². The zero-order valence-corrected chi connectivity index (χ0v) is 13.7. The fourth-order valence-electron chi connectivity index (χ4n) is 2.73. The molecule has 1 unspecified atom stereocenters. The molecule has 1 aromatic carbocycles. The van der Waals surface area contributed by atoms with E-state index in [9.17, 15) is 14.7 Å². The Morgan fingerprint density at radius 3 is 2.73 bits per heavy atom. The second kappa shape index (κ2) is 8.15. The van der Waals surface area contributed by atoms with Crippen LogP contribution >= 0.6 is 12.4 Å². The summed E-state index contributed by atoms with van der Waals surface area (Å²) >= 11 is 0. The number of ketones is 1. The van der Waals surface area contributed by atoms with Gasteiger partial charge in [-0.3, -0.25) is 14.5 Å². The first kappa shape index (κ1) is 18.5. The van der Waals surface area contributed by atoms with Crippen LogP contribution in [-0.2, 0) is 11.3 Å². The summed E-state index contributed by atoms with van der Waals surface area (Å²) in [4.78, 5) is 24.7. The Morgan fingerprint density at radius 2 is 2.14 bits per heavy atom. The van der Waals surface area contributed by atoms with E-state index in [1.807, 2.05) is 17.9 Å². The molecule has 122 valence electrons. The molecule has 1 fully saturated rings. The van der Waals surface area contributed by atoms with Crippen molar-refractivity contribution in [3.05, 3.63) is 29.3 Å². The van der Waals surface area contributed by atoms with Crippen molar-refractivity contribution in [1.82, 2.24) is 4.90 Å². The predicted octanol–water partition coefficient (Wildman–Crippen LogP) is 2.76. The number of likely N-dealkylation sites (tertiary alicyclic amines) is 1. The molecular weight excluding hydrogens is 306 g/mol. The van der Waals surface area contributed by atoms with E-state index in [0.29, 0.717) is 25.1 Å². The number of rotatable bonds is 6. The van der Waals surface area contributed by atoms with Gasteiger partial charge in [-0.1, -0.05) is 0 Å². The first-order chi connectivity index (χ1) is 10.0. The van der Waals surface area contributed by atoms with Gasteiger partial charge in [-0.25, -0.2) is 0 Å². The average Bonchev–Trinajstić information content (AvgIpc) is 2.89. The molecule has 1 aromatic rings. The molecule has 1 saturated heterocycles. The Bertz CT molecular complexity index is 547. The first-order valence-electron chi connectivity index (χ1n) is 7.26. The van der Waals surface area contributed by atoms with E-state index in [1.165, 1.54) is 6.92 Å². The number of hydrogen-bond acceptors (Lipinski definition) is 4. The standard InChI is InChI=1S/C16H21NO4.ClH/c1-3-21-15-7-6-12(11(2)18)9-13(15)10-17-8-4-5-14(17)16(19)20;/h6-7,9,14H,3-5,8,10H2,1-2H3,(H,19,20);1H. The number of carbonyl (C=O) groups excluding carboxylic acids is 1. The van der Waals surface area contributed by atoms with Crippen LogP contribution in [0, 0.1) is 0 Å². The molecule has 0 amide bonds. The van der Waals surface area contributed by atoms with Crippen LogP contribution in [0.3, 0.4) is 0 Å². The van der Waals surface area contributed by atoms with Gasteiger partial charge in [0, 0.05) is 17.7 Å². The summed E-state index contributed by atoms with van der Waals surface area (Å²) < 4.78 is 5.59. The minimum Gasteiger partial charge on any atom is -0.494 e. The van der Waals surface area contributed by atoms with E-state index >= 15 is 0 Å². The SMILES string of the molecule is CCOc1ccc(C(C)=O)cc1CN1CCCC1C(=O)O.Cl. The number of halogens is 1. The van der Waals surface area contributed by atoms with Crippen LogP contribution < -0.4 is 4.74 Å². The van der Waals surface area contributed by atoms with Crippen molar-refractivity contribution in [3.63, 3.8) is 0 Å². The highest BCUT2D eigenvalue weighted by molar-refractivity contribution is 5.94. The number of hydrogen-bond donors (Lipinski definition) is 1. The molecule has 0 aliphatic carbocycles. The molecule has 5 nitrogen and oxygen atoms in total. The van der Waals surface area contributed by atoms with E-state index in [4.69, 9.17) is 4.74 Å². The van der Waals surface area contributed by atoms with Crippen molar-refractivity contribution < 1.29 is 19.4 Å². The quantitative estimate of drug-likeness (QED) is 0.814. The average molecular weight is 328 g/mol. The number of benzene rings is 1. The van der Waals surface area contributed by atoms with Gasteiger partial charge in [0.25, 0.3) is 0 Å². The Hall–Kier alpha value is -1.59. The van der Waals surface area contributed by atoms with Gasteiger partial charge in [0.05, 0.1) is 6.61 Å². The van der Waals surface area contributed by atoms with E-state index in [2.05, 4.69) is 0 Å². The van der Waals surface area contributed by atoms with Gasteiger partial charge in [-0.15, -0.1) is 12.4 Å². The monoisotopic (exact) mass is 327 g/mol. The maximum absolute atomic E-state index is 11.5. The number of carboxylic acid groups (broad SMARTS) is 1. The summed E-state index contributed by atoms with van der Waals surface area (Å²) in [5.74, 6) is -0.0674. The number of Topliss-reactive ketones (excluding diaryl/α,β-unsaturated/α-hetero) is 1. The van der Waals surface area contributed by atoms with Gasteiger partial charge >= 0.3 is 5.97 Å². The fraction of sp³-hybridized carbons (Fsp3) is 0.500. The molecule has 0 bridgehead atoms. The minimum absolute atomic E-state index is 0. The van der Waals surface area contributed by atoms with Crippen LogP contribution in [0.15, 0.2) is 18.2 Å². The first-order valence-corrected chi connectivity index (χ1v) is 7.26. The molecule has 0 spiro atoms. The third-order valence-corrected chi connectivity index (χ3v) is 3.79. The molecule has 1 N–H and O–H groups in total. The molecule has 2 rings (SSSR count). The summed E-state index contributed by atoms with van der Waals surface area (Å²) in [6.07, 6.45) is 1.55. The second-order valence-electron chi connectivity index (χ2n) is 5.28. The Morgan fingerprint density at radius 1 is 1.41 bits per heavy atom. The van der Waals surface area contributed by atoms with Gasteiger partial charge < -0.3 is 9.84 Å². The molecule has 1 aliphatic rings. The van der Waals surface area contributed by atoms with Crippen LogP contribution in [0.1, 0.15) is 42.6 Å². The van der Waals surface area contributed by atoms with E-state index in [0.717, 1.165) is 24.3 Å². The lowest BCUT2D eigenvalue weighted by molar-refractivity contribution is -0.142. The van der Waals surface area contributed by atoms with Crippen molar-refractivity contribution >= 4 is 24.2 Å². The Kier molecular flexibility index (Phi) is 6.84. The Labute approximate surface area is 136 Å². The second-order valence-corrected chi connectivity index (χ2v) is 5.28. The topological polar surface area (TPSA) is 66.8 Å². The zero-order chi connectivity index (χ0) is 15.4. The summed E-state index contributed by atoms with van der Waals surface area (Å²) in [6, 6.07) is 4.90. The van der Waals surface area contributed by atoms with Crippen LogP contribution in [-0.4, -0.2) is 41.0 Å². The van der Waals surface area contributed by atoms with E-state index in [1.54, 1.807) is 12.1 Å². The lowest BCUT2D eigenvalue weighted by atomic mass is 10.1. The number of aliphatic carboxylic acids is 1. The van der Waals surface area contributed by atoms with Crippen LogP contribution in [0.4, 0.5) is 0 Å². The summed E-state index contributed by atoms with van der Waals surface area (Å²) in [6.45, 7) is 5.21. The van der Waals surface area contributed by atoms with Gasteiger partial charge in [0.2, 0.25) is 0 Å². The van der Waals surface area contributed by atoms with E-state index in [-0.39, 0.29) is 18.2 Å². The molecular formula is C16H22ClNO4. The van der Waals surface area contributed by atoms with Crippen LogP contribution in [0.25, 0.3) is 0 Å². The van der Waals surface area contributed by atoms with Gasteiger partial charge in [0.1, 0.15) is 11.8 Å². The van der Waals surface area contributed by atoms with Crippen LogP contribution in [0.2, 0.25) is 0 Å².